The number of piperidine rings is 1. The van der Waals surface area contributed by atoms with Crippen molar-refractivity contribution in [2.45, 2.75) is 38.6 Å². The molecule has 0 unspecified atom stereocenters. The third-order valence-corrected chi connectivity index (χ3v) is 7.19. The van der Waals surface area contributed by atoms with Crippen LogP contribution in [0.25, 0.3) is 33.3 Å². The van der Waals surface area contributed by atoms with Crippen LogP contribution in [0, 0.1) is 0 Å². The van der Waals surface area contributed by atoms with Gasteiger partial charge in [-0.15, -0.1) is 5.10 Å². The Morgan fingerprint density at radius 3 is 2.59 bits per heavy atom. The summed E-state index contributed by atoms with van der Waals surface area (Å²) in [6, 6.07) is 21.9. The standard InChI is InChI=1S/C30H30N6O/c37-29(7-5-19-35-17-2-1-3-18-35)24-11-9-23(10-12-24)27-14-15-28-30(32-27)36(34-33-28)21-22-8-13-26-25(20-22)6-4-16-31-26/h4,6,8-16,20H,1-3,5,7,17-19,21H2. The van der Waals surface area contributed by atoms with Crippen LogP contribution in [0.2, 0.25) is 0 Å². The molecule has 1 fully saturated rings. The van der Waals surface area contributed by atoms with Crippen LogP contribution < -0.4 is 0 Å². The van der Waals surface area contributed by atoms with E-state index in [-0.39, 0.29) is 5.78 Å². The number of hydrogen-bond donors (Lipinski definition) is 0. The molecule has 0 bridgehead atoms. The molecule has 0 atom stereocenters. The molecular formula is C30H30N6O. The highest BCUT2D eigenvalue weighted by Crippen LogP contribution is 2.22. The summed E-state index contributed by atoms with van der Waals surface area (Å²) in [7, 11) is 0. The number of likely N-dealkylation sites (tertiary alicyclic amines) is 1. The van der Waals surface area contributed by atoms with Gasteiger partial charge in [-0.05, 0) is 74.8 Å². The number of carbonyl (C=O) groups is 1. The fraction of sp³-hybridized carbons (Fsp3) is 0.300. The second-order valence-electron chi connectivity index (χ2n) is 9.82. The highest BCUT2D eigenvalue weighted by Gasteiger charge is 2.13. The predicted molar refractivity (Wildman–Crippen MR) is 145 cm³/mol. The number of hydrogen-bond acceptors (Lipinski definition) is 6. The molecule has 4 heterocycles. The lowest BCUT2D eigenvalue weighted by Gasteiger charge is -2.26. The summed E-state index contributed by atoms with van der Waals surface area (Å²) in [5.41, 5.74) is 6.15. The van der Waals surface area contributed by atoms with Gasteiger partial charge in [0.05, 0.1) is 17.8 Å². The summed E-state index contributed by atoms with van der Waals surface area (Å²) in [5, 5.41) is 9.74. The van der Waals surface area contributed by atoms with E-state index in [4.69, 9.17) is 4.98 Å². The minimum atomic E-state index is 0.208. The van der Waals surface area contributed by atoms with Crippen LogP contribution in [-0.4, -0.2) is 55.3 Å². The summed E-state index contributed by atoms with van der Waals surface area (Å²) < 4.78 is 1.83. The van der Waals surface area contributed by atoms with Crippen molar-refractivity contribution >= 4 is 27.9 Å². The number of pyridine rings is 2. The summed E-state index contributed by atoms with van der Waals surface area (Å²) in [5.74, 6) is 0.208. The van der Waals surface area contributed by atoms with Crippen molar-refractivity contribution in [1.29, 1.82) is 0 Å². The monoisotopic (exact) mass is 490 g/mol. The molecule has 5 aromatic rings. The number of ketones is 1. The Balaban J connectivity index is 1.15. The molecule has 0 N–H and O–H groups in total. The molecule has 0 radical (unpaired) electrons. The fourth-order valence-corrected chi connectivity index (χ4v) is 5.13. The van der Waals surface area contributed by atoms with Gasteiger partial charge in [-0.2, -0.15) is 0 Å². The number of aromatic nitrogens is 5. The second-order valence-corrected chi connectivity index (χ2v) is 9.82. The first-order valence-electron chi connectivity index (χ1n) is 13.1. The third kappa shape index (κ3) is 5.27. The van der Waals surface area contributed by atoms with E-state index in [0.717, 1.165) is 57.4 Å². The minimum Gasteiger partial charge on any atom is -0.303 e. The number of fused-ring (bicyclic) bond motifs is 2. The van der Waals surface area contributed by atoms with E-state index >= 15 is 0 Å². The second kappa shape index (κ2) is 10.6. The topological polar surface area (TPSA) is 76.8 Å². The maximum atomic E-state index is 12.7. The van der Waals surface area contributed by atoms with Gasteiger partial charge >= 0.3 is 0 Å². The Hall–Kier alpha value is -3.97. The average molecular weight is 491 g/mol. The molecule has 0 saturated carbocycles. The highest BCUT2D eigenvalue weighted by molar-refractivity contribution is 5.96. The van der Waals surface area contributed by atoms with Crippen LogP contribution in [-0.2, 0) is 6.54 Å². The highest BCUT2D eigenvalue weighted by atomic mass is 16.1. The van der Waals surface area contributed by atoms with Crippen molar-refractivity contribution in [1.82, 2.24) is 29.9 Å². The van der Waals surface area contributed by atoms with Gasteiger partial charge in [-0.3, -0.25) is 9.78 Å². The largest absolute Gasteiger partial charge is 0.303 e. The van der Waals surface area contributed by atoms with E-state index in [1.165, 1.54) is 32.4 Å². The Kier molecular flexibility index (Phi) is 6.69. The summed E-state index contributed by atoms with van der Waals surface area (Å²) >= 11 is 0. The van der Waals surface area contributed by atoms with Gasteiger partial charge in [-0.1, -0.05) is 48.0 Å². The smallest absolute Gasteiger partial charge is 0.179 e. The zero-order chi connectivity index (χ0) is 25.0. The van der Waals surface area contributed by atoms with E-state index in [2.05, 4.69) is 38.4 Å². The quantitative estimate of drug-likeness (QED) is 0.266. The molecular weight excluding hydrogens is 460 g/mol. The Morgan fingerprint density at radius 1 is 0.892 bits per heavy atom. The van der Waals surface area contributed by atoms with Crippen LogP contribution in [0.4, 0.5) is 0 Å². The number of benzene rings is 2. The van der Waals surface area contributed by atoms with Crippen molar-refractivity contribution in [3.05, 3.63) is 84.1 Å². The lowest BCUT2D eigenvalue weighted by atomic mass is 10.0. The van der Waals surface area contributed by atoms with Gasteiger partial charge in [0.2, 0.25) is 0 Å². The molecule has 1 saturated heterocycles. The van der Waals surface area contributed by atoms with E-state index in [0.29, 0.717) is 13.0 Å². The molecule has 0 aliphatic carbocycles. The average Bonchev–Trinajstić information content (AvgIpc) is 3.35. The van der Waals surface area contributed by atoms with Crippen LogP contribution in [0.1, 0.15) is 48.0 Å². The lowest BCUT2D eigenvalue weighted by molar-refractivity contribution is 0.0973. The molecule has 6 rings (SSSR count). The SMILES string of the molecule is O=C(CCCN1CCCCC1)c1ccc(-c2ccc3nnn(Cc4ccc5ncccc5c4)c3n2)cc1. The third-order valence-electron chi connectivity index (χ3n) is 7.19. The van der Waals surface area contributed by atoms with E-state index < -0.39 is 0 Å². The molecule has 1 aliphatic heterocycles. The molecule has 0 amide bonds. The lowest BCUT2D eigenvalue weighted by Crippen LogP contribution is -2.30. The van der Waals surface area contributed by atoms with Gasteiger partial charge in [0, 0.05) is 29.1 Å². The van der Waals surface area contributed by atoms with Crippen molar-refractivity contribution < 1.29 is 4.79 Å². The summed E-state index contributed by atoms with van der Waals surface area (Å²) in [6.07, 6.45) is 7.22. The van der Waals surface area contributed by atoms with Gasteiger partial charge in [-0.25, -0.2) is 9.67 Å². The van der Waals surface area contributed by atoms with E-state index in [1.54, 1.807) is 6.20 Å². The predicted octanol–water partition coefficient (Wildman–Crippen LogP) is 5.54. The van der Waals surface area contributed by atoms with E-state index in [1.807, 2.05) is 53.2 Å². The molecule has 37 heavy (non-hydrogen) atoms. The Morgan fingerprint density at radius 2 is 1.73 bits per heavy atom. The van der Waals surface area contributed by atoms with Gasteiger partial charge in [0.1, 0.15) is 5.52 Å². The Labute approximate surface area is 216 Å². The number of nitrogens with zero attached hydrogens (tertiary/aromatic N) is 6. The Bertz CT molecular complexity index is 1540. The van der Waals surface area contributed by atoms with Crippen LogP contribution in [0.5, 0.6) is 0 Å². The minimum absolute atomic E-state index is 0.208. The molecule has 7 heteroatoms. The molecule has 0 spiro atoms. The molecule has 7 nitrogen and oxygen atoms in total. The number of rotatable bonds is 8. The zero-order valence-corrected chi connectivity index (χ0v) is 20.9. The van der Waals surface area contributed by atoms with Crippen LogP contribution in [0.3, 0.4) is 0 Å². The molecule has 3 aromatic heterocycles. The first kappa shape index (κ1) is 23.4. The van der Waals surface area contributed by atoms with E-state index in [9.17, 15) is 4.79 Å². The maximum Gasteiger partial charge on any atom is 0.179 e. The van der Waals surface area contributed by atoms with Crippen molar-refractivity contribution in [3.8, 4) is 11.3 Å². The first-order chi connectivity index (χ1) is 18.2. The fourth-order valence-electron chi connectivity index (χ4n) is 5.13. The van der Waals surface area contributed by atoms with Gasteiger partial charge < -0.3 is 4.90 Å². The van der Waals surface area contributed by atoms with Crippen molar-refractivity contribution in [2.75, 3.05) is 19.6 Å². The zero-order valence-electron chi connectivity index (χ0n) is 20.9. The van der Waals surface area contributed by atoms with Crippen LogP contribution in [0.15, 0.2) is 72.9 Å². The van der Waals surface area contributed by atoms with Gasteiger partial charge in [0.25, 0.3) is 0 Å². The molecule has 1 aliphatic rings. The number of carbonyl (C=O) groups excluding carboxylic acids is 1. The molecule has 2 aromatic carbocycles. The van der Waals surface area contributed by atoms with Crippen molar-refractivity contribution in [3.63, 3.8) is 0 Å². The normalized spacial score (nSPS) is 14.4. The first-order valence-corrected chi connectivity index (χ1v) is 13.1. The summed E-state index contributed by atoms with van der Waals surface area (Å²) in [4.78, 5) is 24.5. The van der Waals surface area contributed by atoms with Crippen molar-refractivity contribution in [2.24, 2.45) is 0 Å². The summed E-state index contributed by atoms with van der Waals surface area (Å²) in [6.45, 7) is 3.94. The van der Waals surface area contributed by atoms with Gasteiger partial charge in [0.15, 0.2) is 11.4 Å². The van der Waals surface area contributed by atoms with Crippen LogP contribution >= 0.6 is 0 Å². The molecule has 186 valence electrons. The maximum absolute atomic E-state index is 12.7. The number of Topliss-reactive ketones (excluding diaryl/α,β-unsaturated/α-hetero) is 1.